The molecule has 2 aromatic rings. The monoisotopic (exact) mass is 319 g/mol. The summed E-state index contributed by atoms with van der Waals surface area (Å²) in [6.07, 6.45) is 1.85. The van der Waals surface area contributed by atoms with Crippen LogP contribution in [0.2, 0.25) is 5.02 Å². The molecule has 0 spiro atoms. The van der Waals surface area contributed by atoms with Crippen LogP contribution in [0.25, 0.3) is 11.1 Å². The minimum absolute atomic E-state index is 0.353. The third kappa shape index (κ3) is 2.82. The standard InChI is InChI=1S/C16H18ClN3O2/c1-22-16(21)14-15(20-8-6-18-7-9-20)13(10-19-14)11-2-4-12(17)5-3-11/h2-5,10,18-19H,6-9H2,1H3. The molecule has 116 valence electrons. The first kappa shape index (κ1) is 14.9. The maximum Gasteiger partial charge on any atom is 0.356 e. The molecule has 0 radical (unpaired) electrons. The highest BCUT2D eigenvalue weighted by molar-refractivity contribution is 6.30. The second-order valence-corrected chi connectivity index (χ2v) is 5.60. The van der Waals surface area contributed by atoms with Gasteiger partial charge in [-0.3, -0.25) is 0 Å². The molecule has 1 aliphatic heterocycles. The lowest BCUT2D eigenvalue weighted by Crippen LogP contribution is -2.44. The first-order chi connectivity index (χ1) is 10.7. The molecule has 2 heterocycles. The van der Waals surface area contributed by atoms with Crippen LogP contribution < -0.4 is 10.2 Å². The fraction of sp³-hybridized carbons (Fsp3) is 0.312. The molecular formula is C16H18ClN3O2. The van der Waals surface area contributed by atoms with Crippen molar-refractivity contribution >= 4 is 23.3 Å². The molecule has 0 aliphatic carbocycles. The number of anilines is 1. The number of piperazine rings is 1. The topological polar surface area (TPSA) is 57.4 Å². The Morgan fingerprint density at radius 2 is 1.91 bits per heavy atom. The summed E-state index contributed by atoms with van der Waals surface area (Å²) in [6.45, 7) is 3.49. The lowest BCUT2D eigenvalue weighted by atomic mass is 10.1. The molecule has 0 amide bonds. The van der Waals surface area contributed by atoms with E-state index in [1.54, 1.807) is 0 Å². The van der Waals surface area contributed by atoms with Crippen LogP contribution in [0.1, 0.15) is 10.5 Å². The Hall–Kier alpha value is -1.98. The molecule has 1 aromatic carbocycles. The van der Waals surface area contributed by atoms with Crippen molar-refractivity contribution < 1.29 is 9.53 Å². The Kier molecular flexibility index (Phi) is 4.36. The van der Waals surface area contributed by atoms with Crippen molar-refractivity contribution in [1.29, 1.82) is 0 Å². The van der Waals surface area contributed by atoms with Crippen LogP contribution in [0.4, 0.5) is 5.69 Å². The number of rotatable bonds is 3. The van der Waals surface area contributed by atoms with Gasteiger partial charge in [-0.15, -0.1) is 0 Å². The summed E-state index contributed by atoms with van der Waals surface area (Å²) in [7, 11) is 1.40. The molecule has 22 heavy (non-hydrogen) atoms. The summed E-state index contributed by atoms with van der Waals surface area (Å²) in [5, 5.41) is 4.01. The van der Waals surface area contributed by atoms with Crippen molar-refractivity contribution in [2.24, 2.45) is 0 Å². The molecule has 1 aromatic heterocycles. The van der Waals surface area contributed by atoms with Crippen LogP contribution in [0.15, 0.2) is 30.5 Å². The van der Waals surface area contributed by atoms with Crippen LogP contribution >= 0.6 is 11.6 Å². The Morgan fingerprint density at radius 3 is 2.55 bits per heavy atom. The molecule has 3 rings (SSSR count). The van der Waals surface area contributed by atoms with Gasteiger partial charge in [-0.2, -0.15) is 0 Å². The quantitative estimate of drug-likeness (QED) is 0.854. The van der Waals surface area contributed by atoms with Crippen LogP contribution in [0.3, 0.4) is 0 Å². The highest BCUT2D eigenvalue weighted by Gasteiger charge is 2.24. The van der Waals surface area contributed by atoms with E-state index in [4.69, 9.17) is 16.3 Å². The van der Waals surface area contributed by atoms with Gasteiger partial charge in [-0.05, 0) is 17.7 Å². The van der Waals surface area contributed by atoms with E-state index in [0.717, 1.165) is 43.0 Å². The average molecular weight is 320 g/mol. The van der Waals surface area contributed by atoms with Crippen molar-refractivity contribution in [3.8, 4) is 11.1 Å². The van der Waals surface area contributed by atoms with E-state index < -0.39 is 0 Å². The molecule has 6 heteroatoms. The maximum absolute atomic E-state index is 12.1. The third-order valence-electron chi connectivity index (χ3n) is 3.83. The highest BCUT2D eigenvalue weighted by atomic mass is 35.5. The lowest BCUT2D eigenvalue weighted by Gasteiger charge is -2.30. The second-order valence-electron chi connectivity index (χ2n) is 5.16. The number of halogens is 1. The summed E-state index contributed by atoms with van der Waals surface area (Å²) in [5.74, 6) is -0.353. The molecule has 0 bridgehead atoms. The number of aromatic nitrogens is 1. The number of esters is 1. The van der Waals surface area contributed by atoms with Crippen LogP contribution in [-0.4, -0.2) is 44.2 Å². The van der Waals surface area contributed by atoms with Gasteiger partial charge in [0.05, 0.1) is 12.8 Å². The molecule has 0 unspecified atom stereocenters. The number of carbonyl (C=O) groups is 1. The Bertz CT molecular complexity index is 661. The number of methoxy groups -OCH3 is 1. The molecular weight excluding hydrogens is 302 g/mol. The largest absolute Gasteiger partial charge is 0.464 e. The van der Waals surface area contributed by atoms with Crippen molar-refractivity contribution in [2.45, 2.75) is 0 Å². The second kappa shape index (κ2) is 6.42. The minimum atomic E-state index is -0.353. The van der Waals surface area contributed by atoms with E-state index in [1.165, 1.54) is 7.11 Å². The van der Waals surface area contributed by atoms with Crippen molar-refractivity contribution in [1.82, 2.24) is 10.3 Å². The van der Waals surface area contributed by atoms with Gasteiger partial charge in [-0.1, -0.05) is 23.7 Å². The van der Waals surface area contributed by atoms with Gasteiger partial charge in [0.2, 0.25) is 0 Å². The number of carbonyl (C=O) groups excluding carboxylic acids is 1. The Balaban J connectivity index is 2.07. The molecule has 5 nitrogen and oxygen atoms in total. The van der Waals surface area contributed by atoms with Gasteiger partial charge in [0.15, 0.2) is 0 Å². The molecule has 2 N–H and O–H groups in total. The van der Waals surface area contributed by atoms with E-state index >= 15 is 0 Å². The van der Waals surface area contributed by atoms with Crippen LogP contribution in [-0.2, 0) is 4.74 Å². The van der Waals surface area contributed by atoms with E-state index in [1.807, 2.05) is 30.5 Å². The van der Waals surface area contributed by atoms with Gasteiger partial charge in [0.1, 0.15) is 5.69 Å². The van der Waals surface area contributed by atoms with Gasteiger partial charge in [0.25, 0.3) is 0 Å². The van der Waals surface area contributed by atoms with Gasteiger partial charge >= 0.3 is 5.97 Å². The Morgan fingerprint density at radius 1 is 1.23 bits per heavy atom. The fourth-order valence-electron chi connectivity index (χ4n) is 2.74. The number of nitrogens with zero attached hydrogens (tertiary/aromatic N) is 1. The van der Waals surface area contributed by atoms with Gasteiger partial charge < -0.3 is 19.9 Å². The first-order valence-corrected chi connectivity index (χ1v) is 7.60. The number of hydrogen-bond acceptors (Lipinski definition) is 4. The van der Waals surface area contributed by atoms with Gasteiger partial charge in [-0.25, -0.2) is 4.79 Å². The molecule has 1 saturated heterocycles. The van der Waals surface area contributed by atoms with Crippen LogP contribution in [0, 0.1) is 0 Å². The predicted molar refractivity (Wildman–Crippen MR) is 87.7 cm³/mol. The number of aromatic amines is 1. The lowest BCUT2D eigenvalue weighted by molar-refractivity contribution is 0.0595. The summed E-state index contributed by atoms with van der Waals surface area (Å²) >= 11 is 5.97. The van der Waals surface area contributed by atoms with E-state index in [9.17, 15) is 4.79 Å². The zero-order valence-electron chi connectivity index (χ0n) is 12.4. The van der Waals surface area contributed by atoms with Crippen molar-refractivity contribution in [3.63, 3.8) is 0 Å². The summed E-state index contributed by atoms with van der Waals surface area (Å²) in [5.41, 5.74) is 3.40. The van der Waals surface area contributed by atoms with Crippen molar-refractivity contribution in [3.05, 3.63) is 41.2 Å². The normalized spacial score (nSPS) is 14.9. The summed E-state index contributed by atoms with van der Waals surface area (Å²) in [6, 6.07) is 7.61. The smallest absolute Gasteiger partial charge is 0.356 e. The number of ether oxygens (including phenoxy) is 1. The number of H-pyrrole nitrogens is 1. The average Bonchev–Trinajstić information content (AvgIpc) is 3.00. The number of hydrogen-bond donors (Lipinski definition) is 2. The maximum atomic E-state index is 12.1. The van der Waals surface area contributed by atoms with Crippen molar-refractivity contribution in [2.75, 3.05) is 38.2 Å². The van der Waals surface area contributed by atoms with E-state index in [-0.39, 0.29) is 5.97 Å². The highest BCUT2D eigenvalue weighted by Crippen LogP contribution is 2.35. The summed E-state index contributed by atoms with van der Waals surface area (Å²) < 4.78 is 4.90. The third-order valence-corrected chi connectivity index (χ3v) is 4.08. The Labute approximate surface area is 134 Å². The molecule has 1 aliphatic rings. The van der Waals surface area contributed by atoms with E-state index in [0.29, 0.717) is 10.7 Å². The number of nitrogens with one attached hydrogen (secondary N) is 2. The molecule has 0 atom stereocenters. The minimum Gasteiger partial charge on any atom is -0.464 e. The zero-order valence-corrected chi connectivity index (χ0v) is 13.1. The molecule has 1 fully saturated rings. The SMILES string of the molecule is COC(=O)c1[nH]cc(-c2ccc(Cl)cc2)c1N1CCNCC1. The predicted octanol–water partition coefficient (Wildman–Crippen LogP) is 2.53. The fourth-order valence-corrected chi connectivity index (χ4v) is 2.87. The first-order valence-electron chi connectivity index (χ1n) is 7.22. The van der Waals surface area contributed by atoms with E-state index in [2.05, 4.69) is 15.2 Å². The number of benzene rings is 1. The van der Waals surface area contributed by atoms with Gasteiger partial charge in [0, 0.05) is 43.0 Å². The molecule has 0 saturated carbocycles. The van der Waals surface area contributed by atoms with Crippen LogP contribution in [0.5, 0.6) is 0 Å². The summed E-state index contributed by atoms with van der Waals surface area (Å²) in [4.78, 5) is 17.3. The zero-order chi connectivity index (χ0) is 15.5.